The number of nitrogens with one attached hydrogen (secondary N) is 1. The van der Waals surface area contributed by atoms with Gasteiger partial charge < -0.3 is 4.98 Å². The molecular formula is C9H6F6N2OS. The molecular weight excluding hydrogens is 298 g/mol. The summed E-state index contributed by atoms with van der Waals surface area (Å²) in [4.78, 5) is 16.0. The molecule has 106 valence electrons. The highest BCUT2D eigenvalue weighted by molar-refractivity contribution is 7.99. The summed E-state index contributed by atoms with van der Waals surface area (Å²) >= 11 is 0.536. The lowest BCUT2D eigenvalue weighted by atomic mass is 10.4. The van der Waals surface area contributed by atoms with Crippen LogP contribution in [0, 0.1) is 0 Å². The summed E-state index contributed by atoms with van der Waals surface area (Å²) in [6, 6.07) is 0.270. The molecule has 0 saturated heterocycles. The van der Waals surface area contributed by atoms with Crippen LogP contribution in [-0.2, 0) is 6.18 Å². The topological polar surface area (TPSA) is 45.8 Å². The quantitative estimate of drug-likeness (QED) is 0.527. The van der Waals surface area contributed by atoms with Crippen LogP contribution in [0.1, 0.15) is 12.1 Å². The highest BCUT2D eigenvalue weighted by atomic mass is 32.2. The molecule has 0 bridgehead atoms. The van der Waals surface area contributed by atoms with Gasteiger partial charge in [0.2, 0.25) is 0 Å². The van der Waals surface area contributed by atoms with Crippen LogP contribution in [0.4, 0.5) is 26.3 Å². The third-order valence-electron chi connectivity index (χ3n) is 1.78. The molecule has 1 heterocycles. The number of thioether (sulfide) groups is 1. The first kappa shape index (κ1) is 15.6. The average Bonchev–Trinajstić information content (AvgIpc) is 2.26. The summed E-state index contributed by atoms with van der Waals surface area (Å²) in [6.45, 7) is 0. The maximum atomic E-state index is 12.4. The van der Waals surface area contributed by atoms with Crippen molar-refractivity contribution in [1.82, 2.24) is 9.97 Å². The molecule has 0 aliphatic heterocycles. The summed E-state index contributed by atoms with van der Waals surface area (Å²) in [5.41, 5.74) is -2.43. The molecule has 3 nitrogen and oxygen atoms in total. The molecule has 0 amide bonds. The molecule has 0 atom stereocenters. The van der Waals surface area contributed by atoms with Gasteiger partial charge in [-0.3, -0.25) is 4.79 Å². The van der Waals surface area contributed by atoms with Crippen LogP contribution in [0.2, 0.25) is 0 Å². The van der Waals surface area contributed by atoms with E-state index in [1.54, 1.807) is 0 Å². The van der Waals surface area contributed by atoms with Gasteiger partial charge in [-0.1, -0.05) is 11.8 Å². The Kier molecular flexibility index (Phi) is 5.04. The molecule has 19 heavy (non-hydrogen) atoms. The minimum absolute atomic E-state index is 0.270. The van der Waals surface area contributed by atoms with Crippen LogP contribution in [0.25, 0.3) is 0 Å². The lowest BCUT2D eigenvalue weighted by Gasteiger charge is -2.06. The van der Waals surface area contributed by atoms with Crippen LogP contribution >= 0.6 is 11.8 Å². The van der Waals surface area contributed by atoms with E-state index in [1.165, 1.54) is 0 Å². The highest BCUT2D eigenvalue weighted by Crippen LogP contribution is 2.28. The zero-order chi connectivity index (χ0) is 14.6. The average molecular weight is 304 g/mol. The molecule has 1 aromatic rings. The summed E-state index contributed by atoms with van der Waals surface area (Å²) in [5.74, 6) is -1.94. The van der Waals surface area contributed by atoms with Crippen LogP contribution in [0.15, 0.2) is 27.9 Å². The van der Waals surface area contributed by atoms with Crippen molar-refractivity contribution in [1.29, 1.82) is 0 Å². The number of hydrogen-bond donors (Lipinski definition) is 1. The van der Waals surface area contributed by atoms with Gasteiger partial charge in [0.15, 0.2) is 16.7 Å². The molecule has 1 N–H and O–H groups in total. The van der Waals surface area contributed by atoms with Crippen LogP contribution in [0.5, 0.6) is 0 Å². The summed E-state index contributed by atoms with van der Waals surface area (Å²) in [7, 11) is 0. The fourth-order valence-electron chi connectivity index (χ4n) is 0.981. The van der Waals surface area contributed by atoms with Crippen molar-refractivity contribution in [2.45, 2.75) is 17.8 Å². The Labute approximate surface area is 106 Å². The van der Waals surface area contributed by atoms with E-state index in [0.29, 0.717) is 11.8 Å². The lowest BCUT2D eigenvalue weighted by Crippen LogP contribution is -2.16. The van der Waals surface area contributed by atoms with E-state index in [-0.39, 0.29) is 11.8 Å². The van der Waals surface area contributed by atoms with Gasteiger partial charge in [0.05, 0.1) is 0 Å². The number of hydrogen-bond acceptors (Lipinski definition) is 3. The van der Waals surface area contributed by atoms with E-state index in [4.69, 9.17) is 0 Å². The van der Waals surface area contributed by atoms with Gasteiger partial charge in [0.1, 0.15) is 0 Å². The van der Waals surface area contributed by atoms with Gasteiger partial charge >= 0.3 is 12.3 Å². The fraction of sp³-hybridized carbons (Fsp3) is 0.333. The van der Waals surface area contributed by atoms with E-state index in [0.717, 1.165) is 0 Å². The van der Waals surface area contributed by atoms with Gasteiger partial charge in [-0.25, -0.2) is 9.37 Å². The zero-order valence-corrected chi connectivity index (χ0v) is 9.84. The number of aromatic nitrogens is 2. The Bertz CT molecular complexity index is 534. The van der Waals surface area contributed by atoms with E-state index in [1.807, 2.05) is 4.98 Å². The Hall–Kier alpha value is -1.45. The smallest absolute Gasteiger partial charge is 0.301 e. The van der Waals surface area contributed by atoms with Gasteiger partial charge in [-0.05, 0) is 0 Å². The maximum Gasteiger partial charge on any atom is 0.433 e. The van der Waals surface area contributed by atoms with Crippen molar-refractivity contribution in [3.8, 4) is 0 Å². The second kappa shape index (κ2) is 6.13. The van der Waals surface area contributed by atoms with Crippen molar-refractivity contribution >= 4 is 11.8 Å². The van der Waals surface area contributed by atoms with Crippen LogP contribution in [-0.4, -0.2) is 15.7 Å². The molecule has 0 aromatic carbocycles. The van der Waals surface area contributed by atoms with Crippen molar-refractivity contribution in [2.75, 3.05) is 5.75 Å². The minimum Gasteiger partial charge on any atom is -0.301 e. The molecule has 0 saturated carbocycles. The fourth-order valence-corrected chi connectivity index (χ4v) is 1.79. The maximum absolute atomic E-state index is 12.4. The highest BCUT2D eigenvalue weighted by Gasteiger charge is 2.33. The number of H-pyrrole nitrogens is 1. The molecule has 0 spiro atoms. The molecule has 1 aromatic heterocycles. The molecule has 10 heteroatoms. The number of allylic oxidation sites excluding steroid dienone is 1. The third kappa shape index (κ3) is 4.97. The minimum atomic E-state index is -4.79. The lowest BCUT2D eigenvalue weighted by molar-refractivity contribution is -0.141. The standard InChI is InChI=1S/C9H6F6N2OS/c10-4(7(11)12)1-2-19-8-16-5(9(13,14)15)3-6(18)17-8/h3H,1-2H2,(H,16,17,18). The molecule has 0 fully saturated rings. The summed E-state index contributed by atoms with van der Waals surface area (Å²) < 4.78 is 72.8. The number of nitrogens with zero attached hydrogens (tertiary/aromatic N) is 1. The largest absolute Gasteiger partial charge is 0.433 e. The predicted molar refractivity (Wildman–Crippen MR) is 55.6 cm³/mol. The monoisotopic (exact) mass is 304 g/mol. The first-order valence-corrected chi connectivity index (χ1v) is 5.69. The van der Waals surface area contributed by atoms with Crippen molar-refractivity contribution in [2.24, 2.45) is 0 Å². The van der Waals surface area contributed by atoms with Gasteiger partial charge in [0, 0.05) is 18.2 Å². The van der Waals surface area contributed by atoms with Gasteiger partial charge in [-0.2, -0.15) is 22.0 Å². The van der Waals surface area contributed by atoms with Crippen molar-refractivity contribution < 1.29 is 26.3 Å². The number of aromatic amines is 1. The number of alkyl halides is 3. The Morgan fingerprint density at radius 2 is 1.95 bits per heavy atom. The molecule has 0 aliphatic carbocycles. The second-order valence-electron chi connectivity index (χ2n) is 3.20. The van der Waals surface area contributed by atoms with Crippen molar-refractivity contribution in [3.05, 3.63) is 34.0 Å². The Morgan fingerprint density at radius 3 is 2.47 bits per heavy atom. The predicted octanol–water partition coefficient (Wildman–Crippen LogP) is 3.35. The summed E-state index contributed by atoms with van der Waals surface area (Å²) in [6.07, 6.45) is -7.95. The molecule has 0 unspecified atom stereocenters. The summed E-state index contributed by atoms with van der Waals surface area (Å²) in [5, 5.41) is -0.410. The zero-order valence-electron chi connectivity index (χ0n) is 9.02. The number of rotatable bonds is 4. The van der Waals surface area contributed by atoms with Crippen LogP contribution in [0.3, 0.4) is 0 Å². The van der Waals surface area contributed by atoms with E-state index < -0.39 is 40.9 Å². The van der Waals surface area contributed by atoms with Gasteiger partial charge in [0.25, 0.3) is 5.56 Å². The van der Waals surface area contributed by atoms with E-state index >= 15 is 0 Å². The normalized spacial score (nSPS) is 11.5. The van der Waals surface area contributed by atoms with E-state index in [9.17, 15) is 31.1 Å². The second-order valence-corrected chi connectivity index (χ2v) is 4.28. The molecule has 0 aliphatic rings. The van der Waals surface area contributed by atoms with Crippen molar-refractivity contribution in [3.63, 3.8) is 0 Å². The Balaban J connectivity index is 2.78. The first-order chi connectivity index (χ1) is 8.70. The molecule has 0 radical (unpaired) electrons. The van der Waals surface area contributed by atoms with E-state index in [2.05, 4.69) is 4.98 Å². The Morgan fingerprint density at radius 1 is 1.32 bits per heavy atom. The van der Waals surface area contributed by atoms with Gasteiger partial charge in [-0.15, -0.1) is 0 Å². The first-order valence-electron chi connectivity index (χ1n) is 4.71. The third-order valence-corrected chi connectivity index (χ3v) is 2.65. The number of halogens is 6. The van der Waals surface area contributed by atoms with Crippen LogP contribution < -0.4 is 5.56 Å². The molecule has 1 rings (SSSR count). The SMILES string of the molecule is O=c1cc(C(F)(F)F)nc(SCCC(F)=C(F)F)[nH]1.